The molecule has 17 heavy (non-hydrogen) atoms. The van der Waals surface area contributed by atoms with Crippen LogP contribution in [0.25, 0.3) is 0 Å². The maximum atomic E-state index is 12.3. The minimum absolute atomic E-state index is 0.00417. The van der Waals surface area contributed by atoms with E-state index < -0.39 is 5.54 Å². The number of aliphatic hydroxyl groups excluding tert-OH is 1. The lowest BCUT2D eigenvalue weighted by atomic mass is 9.98. The molecule has 0 aromatic rings. The van der Waals surface area contributed by atoms with Gasteiger partial charge < -0.3 is 5.11 Å². The number of carbonyl (C=O) groups is 2. The van der Waals surface area contributed by atoms with Crippen LogP contribution in [-0.4, -0.2) is 34.0 Å². The van der Waals surface area contributed by atoms with Crippen LogP contribution in [0.4, 0.5) is 0 Å². The van der Waals surface area contributed by atoms with Gasteiger partial charge in [0.1, 0.15) is 0 Å². The molecule has 2 fully saturated rings. The van der Waals surface area contributed by atoms with E-state index in [1.807, 2.05) is 13.8 Å². The molecule has 1 heterocycles. The maximum absolute atomic E-state index is 12.3. The molecule has 4 heteroatoms. The molecule has 1 saturated carbocycles. The van der Waals surface area contributed by atoms with E-state index in [1.54, 1.807) is 0 Å². The molecular formula is C13H21NO3. The van der Waals surface area contributed by atoms with E-state index >= 15 is 0 Å². The molecule has 0 aromatic carbocycles. The Bertz CT molecular complexity index is 327. The smallest absolute Gasteiger partial charge is 0.233 e. The minimum Gasteiger partial charge on any atom is -0.396 e. The highest BCUT2D eigenvalue weighted by molar-refractivity contribution is 6.06. The van der Waals surface area contributed by atoms with Crippen LogP contribution in [0, 0.1) is 17.8 Å². The predicted molar refractivity (Wildman–Crippen MR) is 63.0 cm³/mol. The van der Waals surface area contributed by atoms with E-state index in [4.69, 9.17) is 5.11 Å². The monoisotopic (exact) mass is 239 g/mol. The molecule has 2 rings (SSSR count). The van der Waals surface area contributed by atoms with Crippen LogP contribution in [0.5, 0.6) is 0 Å². The summed E-state index contributed by atoms with van der Waals surface area (Å²) in [6, 6.07) is 0. The van der Waals surface area contributed by atoms with Crippen molar-refractivity contribution in [3.63, 3.8) is 0 Å². The van der Waals surface area contributed by atoms with Gasteiger partial charge in [0.05, 0.1) is 11.8 Å². The Labute approximate surface area is 102 Å². The first-order valence-corrected chi connectivity index (χ1v) is 6.37. The summed E-state index contributed by atoms with van der Waals surface area (Å²) >= 11 is 0. The summed E-state index contributed by atoms with van der Waals surface area (Å²) in [4.78, 5) is 26.0. The molecule has 2 amide bonds. The first kappa shape index (κ1) is 12.6. The van der Waals surface area contributed by atoms with Crippen LogP contribution in [0.2, 0.25) is 0 Å². The van der Waals surface area contributed by atoms with Crippen molar-refractivity contribution in [2.24, 2.45) is 17.8 Å². The summed E-state index contributed by atoms with van der Waals surface area (Å²) in [6.07, 6.45) is 2.11. The van der Waals surface area contributed by atoms with Gasteiger partial charge in [0, 0.05) is 12.1 Å². The van der Waals surface area contributed by atoms with Crippen molar-refractivity contribution in [1.29, 1.82) is 0 Å². The third kappa shape index (κ3) is 1.88. The minimum atomic E-state index is -0.559. The Hall–Kier alpha value is -0.900. The average Bonchev–Trinajstić information content (AvgIpc) is 2.67. The van der Waals surface area contributed by atoms with Gasteiger partial charge in [0.2, 0.25) is 11.8 Å². The number of nitrogens with zero attached hydrogens (tertiary/aromatic N) is 1. The normalized spacial score (nSPS) is 33.4. The summed E-state index contributed by atoms with van der Waals surface area (Å²) in [5.41, 5.74) is -0.559. The molecular weight excluding hydrogens is 218 g/mol. The van der Waals surface area contributed by atoms with Gasteiger partial charge in [0.25, 0.3) is 0 Å². The molecule has 0 bridgehead atoms. The number of aliphatic hydroxyl groups is 1. The SMILES string of the molecule is CC1CC2C(=O)N(C(C)(C)CCO)C(=O)C2C1. The van der Waals surface area contributed by atoms with Gasteiger partial charge in [-0.3, -0.25) is 14.5 Å². The first-order chi connectivity index (χ1) is 7.88. The van der Waals surface area contributed by atoms with Crippen molar-refractivity contribution >= 4 is 11.8 Å². The summed E-state index contributed by atoms with van der Waals surface area (Å²) in [7, 11) is 0. The Balaban J connectivity index is 2.23. The molecule has 0 radical (unpaired) electrons. The maximum Gasteiger partial charge on any atom is 0.233 e. The molecule has 1 N–H and O–H groups in total. The van der Waals surface area contributed by atoms with Crippen molar-refractivity contribution in [1.82, 2.24) is 4.90 Å². The van der Waals surface area contributed by atoms with E-state index in [-0.39, 0.29) is 30.3 Å². The van der Waals surface area contributed by atoms with Crippen LogP contribution < -0.4 is 0 Å². The van der Waals surface area contributed by atoms with E-state index in [9.17, 15) is 9.59 Å². The molecule has 2 atom stereocenters. The quantitative estimate of drug-likeness (QED) is 0.752. The van der Waals surface area contributed by atoms with Crippen LogP contribution in [0.1, 0.15) is 40.0 Å². The molecule has 1 saturated heterocycles. The number of carbonyl (C=O) groups excluding carboxylic acids is 2. The molecule has 2 unspecified atom stereocenters. The number of rotatable bonds is 3. The van der Waals surface area contributed by atoms with E-state index in [2.05, 4.69) is 6.92 Å². The zero-order chi connectivity index (χ0) is 12.8. The van der Waals surface area contributed by atoms with Crippen molar-refractivity contribution in [2.75, 3.05) is 6.61 Å². The van der Waals surface area contributed by atoms with Gasteiger partial charge in [0.15, 0.2) is 0 Å². The van der Waals surface area contributed by atoms with Crippen LogP contribution >= 0.6 is 0 Å². The van der Waals surface area contributed by atoms with Crippen LogP contribution in [0.15, 0.2) is 0 Å². The predicted octanol–water partition coefficient (Wildman–Crippen LogP) is 1.18. The number of imide groups is 1. The van der Waals surface area contributed by atoms with Gasteiger partial charge >= 0.3 is 0 Å². The number of likely N-dealkylation sites (tertiary alicyclic amines) is 1. The Morgan fingerprint density at radius 2 is 1.71 bits per heavy atom. The molecule has 4 nitrogen and oxygen atoms in total. The highest BCUT2D eigenvalue weighted by Gasteiger charge is 2.55. The van der Waals surface area contributed by atoms with E-state index in [0.717, 1.165) is 12.8 Å². The van der Waals surface area contributed by atoms with Crippen molar-refractivity contribution in [3.05, 3.63) is 0 Å². The highest BCUT2D eigenvalue weighted by Crippen LogP contribution is 2.45. The second kappa shape index (κ2) is 4.09. The lowest BCUT2D eigenvalue weighted by Crippen LogP contribution is -2.49. The zero-order valence-electron chi connectivity index (χ0n) is 10.8. The standard InChI is InChI=1S/C13H21NO3/c1-8-6-9-10(7-8)12(17)14(11(9)16)13(2,3)4-5-15/h8-10,15H,4-7H2,1-3H3. The summed E-state index contributed by atoms with van der Waals surface area (Å²) in [5, 5.41) is 9.03. The Morgan fingerprint density at radius 3 is 2.12 bits per heavy atom. The highest BCUT2D eigenvalue weighted by atomic mass is 16.3. The molecule has 96 valence electrons. The molecule has 1 aliphatic heterocycles. The summed E-state index contributed by atoms with van der Waals surface area (Å²) in [5.74, 6) is 0.220. The third-order valence-corrected chi connectivity index (χ3v) is 4.20. The van der Waals surface area contributed by atoms with Gasteiger partial charge in [-0.05, 0) is 39.0 Å². The molecule has 0 spiro atoms. The fraction of sp³-hybridized carbons (Fsp3) is 0.846. The van der Waals surface area contributed by atoms with Gasteiger partial charge in [-0.1, -0.05) is 6.92 Å². The number of fused-ring (bicyclic) bond motifs is 1. The van der Waals surface area contributed by atoms with Crippen molar-refractivity contribution in [2.45, 2.75) is 45.6 Å². The lowest BCUT2D eigenvalue weighted by molar-refractivity contribution is -0.147. The van der Waals surface area contributed by atoms with E-state index in [1.165, 1.54) is 4.90 Å². The molecule has 1 aliphatic carbocycles. The van der Waals surface area contributed by atoms with Gasteiger partial charge in [-0.2, -0.15) is 0 Å². The largest absolute Gasteiger partial charge is 0.396 e. The van der Waals surface area contributed by atoms with Gasteiger partial charge in [-0.25, -0.2) is 0 Å². The molecule has 0 aromatic heterocycles. The molecule has 2 aliphatic rings. The number of hydrogen-bond acceptors (Lipinski definition) is 3. The van der Waals surface area contributed by atoms with Crippen molar-refractivity contribution in [3.8, 4) is 0 Å². The number of hydrogen-bond donors (Lipinski definition) is 1. The van der Waals surface area contributed by atoms with Gasteiger partial charge in [-0.15, -0.1) is 0 Å². The Kier molecular flexibility index (Phi) is 3.02. The van der Waals surface area contributed by atoms with Crippen LogP contribution in [-0.2, 0) is 9.59 Å². The summed E-state index contributed by atoms with van der Waals surface area (Å²) in [6.45, 7) is 5.80. The lowest BCUT2D eigenvalue weighted by Gasteiger charge is -2.34. The van der Waals surface area contributed by atoms with E-state index in [0.29, 0.717) is 12.3 Å². The average molecular weight is 239 g/mol. The third-order valence-electron chi connectivity index (χ3n) is 4.20. The first-order valence-electron chi connectivity index (χ1n) is 6.37. The fourth-order valence-corrected chi connectivity index (χ4v) is 3.26. The van der Waals surface area contributed by atoms with Crippen LogP contribution in [0.3, 0.4) is 0 Å². The second-order valence-electron chi connectivity index (χ2n) is 6.09. The zero-order valence-corrected chi connectivity index (χ0v) is 10.8. The van der Waals surface area contributed by atoms with Crippen molar-refractivity contribution < 1.29 is 14.7 Å². The second-order valence-corrected chi connectivity index (χ2v) is 6.09. The number of amides is 2. The fourth-order valence-electron chi connectivity index (χ4n) is 3.26. The topological polar surface area (TPSA) is 57.6 Å². The Morgan fingerprint density at radius 1 is 1.24 bits per heavy atom. The summed E-state index contributed by atoms with van der Waals surface area (Å²) < 4.78 is 0.